The lowest BCUT2D eigenvalue weighted by Gasteiger charge is -2.33. The summed E-state index contributed by atoms with van der Waals surface area (Å²) in [7, 11) is 0. The second-order valence-corrected chi connectivity index (χ2v) is 4.57. The van der Waals surface area contributed by atoms with E-state index in [4.69, 9.17) is 0 Å². The number of rotatable bonds is 3. The topological polar surface area (TPSA) is 58.4 Å². The SMILES string of the molecule is C[C@H]1CNCCN1Cc1ccc([N+](=O)[O-])c(F)c1. The van der Waals surface area contributed by atoms with Gasteiger partial charge in [-0.1, -0.05) is 6.07 Å². The molecule has 0 bridgehead atoms. The number of nitrogens with zero attached hydrogens (tertiary/aromatic N) is 2. The van der Waals surface area contributed by atoms with Crippen molar-refractivity contribution in [1.82, 2.24) is 10.2 Å². The summed E-state index contributed by atoms with van der Waals surface area (Å²) >= 11 is 0. The molecule has 0 radical (unpaired) electrons. The van der Waals surface area contributed by atoms with Crippen LogP contribution in [0.2, 0.25) is 0 Å². The number of hydrogen-bond donors (Lipinski definition) is 1. The summed E-state index contributed by atoms with van der Waals surface area (Å²) in [5, 5.41) is 13.8. The minimum atomic E-state index is -0.764. The predicted octanol–water partition coefficient (Wildman–Crippen LogP) is 1.53. The van der Waals surface area contributed by atoms with Crippen molar-refractivity contribution in [2.75, 3.05) is 19.6 Å². The van der Waals surface area contributed by atoms with Crippen LogP contribution in [0, 0.1) is 15.9 Å². The maximum Gasteiger partial charge on any atom is 0.304 e. The van der Waals surface area contributed by atoms with E-state index in [1.807, 2.05) is 0 Å². The molecule has 0 saturated carbocycles. The Morgan fingerprint density at radius 1 is 1.61 bits per heavy atom. The van der Waals surface area contributed by atoms with Crippen LogP contribution in [0.1, 0.15) is 12.5 Å². The molecule has 0 aromatic heterocycles. The summed E-state index contributed by atoms with van der Waals surface area (Å²) in [5.41, 5.74) is 0.305. The smallest absolute Gasteiger partial charge is 0.304 e. The van der Waals surface area contributed by atoms with Crippen LogP contribution in [0.4, 0.5) is 10.1 Å². The van der Waals surface area contributed by atoms with Gasteiger partial charge in [0.2, 0.25) is 5.82 Å². The minimum Gasteiger partial charge on any atom is -0.314 e. The summed E-state index contributed by atoms with van der Waals surface area (Å²) < 4.78 is 13.5. The first-order chi connectivity index (χ1) is 8.58. The molecule has 1 N–H and O–H groups in total. The third-order valence-electron chi connectivity index (χ3n) is 3.23. The van der Waals surface area contributed by atoms with Crippen molar-refractivity contribution in [3.05, 3.63) is 39.7 Å². The molecule has 1 aromatic rings. The molecule has 98 valence electrons. The van der Waals surface area contributed by atoms with Gasteiger partial charge in [-0.05, 0) is 18.6 Å². The van der Waals surface area contributed by atoms with Gasteiger partial charge in [-0.2, -0.15) is 4.39 Å². The molecule has 1 aliphatic rings. The second kappa shape index (κ2) is 5.41. The van der Waals surface area contributed by atoms with E-state index in [0.717, 1.165) is 25.2 Å². The molecule has 1 atom stereocenters. The van der Waals surface area contributed by atoms with E-state index in [1.165, 1.54) is 12.1 Å². The largest absolute Gasteiger partial charge is 0.314 e. The van der Waals surface area contributed by atoms with Crippen molar-refractivity contribution in [2.45, 2.75) is 19.5 Å². The van der Waals surface area contributed by atoms with Gasteiger partial charge >= 0.3 is 5.69 Å². The summed E-state index contributed by atoms with van der Waals surface area (Å²) in [6, 6.07) is 4.50. The average molecular weight is 253 g/mol. The summed E-state index contributed by atoms with van der Waals surface area (Å²) in [6.07, 6.45) is 0. The lowest BCUT2D eigenvalue weighted by atomic mass is 10.1. The zero-order valence-electron chi connectivity index (χ0n) is 10.2. The summed E-state index contributed by atoms with van der Waals surface area (Å²) in [6.45, 7) is 5.46. The Morgan fingerprint density at radius 2 is 2.39 bits per heavy atom. The van der Waals surface area contributed by atoms with Gasteiger partial charge in [0.15, 0.2) is 0 Å². The fraction of sp³-hybridized carbons (Fsp3) is 0.500. The Labute approximate surface area is 105 Å². The van der Waals surface area contributed by atoms with E-state index in [1.54, 1.807) is 6.07 Å². The molecule has 2 rings (SSSR count). The van der Waals surface area contributed by atoms with Crippen molar-refractivity contribution in [3.8, 4) is 0 Å². The van der Waals surface area contributed by atoms with Gasteiger partial charge in [-0.25, -0.2) is 0 Å². The van der Waals surface area contributed by atoms with Gasteiger partial charge < -0.3 is 5.32 Å². The Kier molecular flexibility index (Phi) is 3.88. The molecule has 1 saturated heterocycles. The standard InChI is InChI=1S/C12H16FN3O2/c1-9-7-14-4-5-15(9)8-10-2-3-12(16(17)18)11(13)6-10/h2-3,6,9,14H,4-5,7-8H2,1H3/t9-/m0/s1. The number of benzene rings is 1. The van der Waals surface area contributed by atoms with Crippen LogP contribution in [-0.4, -0.2) is 35.5 Å². The number of nitro benzene ring substituents is 1. The minimum absolute atomic E-state index is 0.386. The van der Waals surface area contributed by atoms with Crippen LogP contribution in [0.5, 0.6) is 0 Å². The molecule has 1 heterocycles. The first-order valence-electron chi connectivity index (χ1n) is 5.95. The highest BCUT2D eigenvalue weighted by atomic mass is 19.1. The van der Waals surface area contributed by atoms with E-state index < -0.39 is 16.4 Å². The summed E-state index contributed by atoms with van der Waals surface area (Å²) in [4.78, 5) is 12.1. The Bertz CT molecular complexity index is 453. The third-order valence-corrected chi connectivity index (χ3v) is 3.23. The van der Waals surface area contributed by atoms with Gasteiger partial charge in [0.1, 0.15) is 0 Å². The van der Waals surface area contributed by atoms with Crippen molar-refractivity contribution in [1.29, 1.82) is 0 Å². The number of nitrogens with one attached hydrogen (secondary N) is 1. The van der Waals surface area contributed by atoms with Crippen LogP contribution < -0.4 is 5.32 Å². The molecular formula is C12H16FN3O2. The molecule has 0 aliphatic carbocycles. The Hall–Kier alpha value is -1.53. The molecule has 5 nitrogen and oxygen atoms in total. The van der Waals surface area contributed by atoms with Crippen molar-refractivity contribution < 1.29 is 9.31 Å². The Morgan fingerprint density at radius 3 is 3.00 bits per heavy atom. The molecule has 0 amide bonds. The third kappa shape index (κ3) is 2.83. The summed E-state index contributed by atoms with van der Waals surface area (Å²) in [5.74, 6) is -0.764. The molecule has 1 aliphatic heterocycles. The van der Waals surface area contributed by atoms with Crippen LogP contribution in [0.25, 0.3) is 0 Å². The quantitative estimate of drug-likeness (QED) is 0.655. The number of halogens is 1. The maximum atomic E-state index is 13.5. The van der Waals surface area contributed by atoms with Crippen LogP contribution in [0.3, 0.4) is 0 Å². The molecule has 0 spiro atoms. The molecule has 0 unspecified atom stereocenters. The van der Waals surface area contributed by atoms with Crippen molar-refractivity contribution in [3.63, 3.8) is 0 Å². The molecule has 6 heteroatoms. The van der Waals surface area contributed by atoms with E-state index in [9.17, 15) is 14.5 Å². The van der Waals surface area contributed by atoms with Crippen molar-refractivity contribution in [2.24, 2.45) is 0 Å². The monoisotopic (exact) mass is 253 g/mol. The number of nitro groups is 1. The molecule has 1 aromatic carbocycles. The lowest BCUT2D eigenvalue weighted by molar-refractivity contribution is -0.387. The van der Waals surface area contributed by atoms with E-state index >= 15 is 0 Å². The zero-order valence-corrected chi connectivity index (χ0v) is 10.2. The van der Waals surface area contributed by atoms with Gasteiger partial charge in [-0.3, -0.25) is 15.0 Å². The predicted molar refractivity (Wildman–Crippen MR) is 65.8 cm³/mol. The van der Waals surface area contributed by atoms with Gasteiger partial charge in [0, 0.05) is 38.3 Å². The van der Waals surface area contributed by atoms with Crippen molar-refractivity contribution >= 4 is 5.69 Å². The first kappa shape index (κ1) is 12.9. The Balaban J connectivity index is 2.10. The fourth-order valence-electron chi connectivity index (χ4n) is 2.15. The van der Waals surface area contributed by atoms with E-state index in [2.05, 4.69) is 17.1 Å². The van der Waals surface area contributed by atoms with Gasteiger partial charge in [-0.15, -0.1) is 0 Å². The molecule has 18 heavy (non-hydrogen) atoms. The van der Waals surface area contributed by atoms with Gasteiger partial charge in [0.05, 0.1) is 4.92 Å². The fourth-order valence-corrected chi connectivity index (χ4v) is 2.15. The molecular weight excluding hydrogens is 237 g/mol. The highest BCUT2D eigenvalue weighted by molar-refractivity contribution is 5.35. The van der Waals surface area contributed by atoms with Crippen LogP contribution in [-0.2, 0) is 6.54 Å². The van der Waals surface area contributed by atoms with E-state index in [0.29, 0.717) is 12.6 Å². The zero-order chi connectivity index (χ0) is 13.1. The normalized spacial score (nSPS) is 20.9. The lowest BCUT2D eigenvalue weighted by Crippen LogP contribution is -2.49. The highest BCUT2D eigenvalue weighted by Gasteiger charge is 2.19. The van der Waals surface area contributed by atoms with Gasteiger partial charge in [0.25, 0.3) is 0 Å². The first-order valence-corrected chi connectivity index (χ1v) is 5.95. The molecule has 1 fully saturated rings. The highest BCUT2D eigenvalue weighted by Crippen LogP contribution is 2.19. The van der Waals surface area contributed by atoms with Crippen LogP contribution in [0.15, 0.2) is 18.2 Å². The number of piperazine rings is 1. The van der Waals surface area contributed by atoms with E-state index in [-0.39, 0.29) is 0 Å². The maximum absolute atomic E-state index is 13.5. The second-order valence-electron chi connectivity index (χ2n) is 4.57. The average Bonchev–Trinajstić information content (AvgIpc) is 2.32. The van der Waals surface area contributed by atoms with Crippen LogP contribution >= 0.6 is 0 Å². The number of hydrogen-bond acceptors (Lipinski definition) is 4.